The zero-order valence-corrected chi connectivity index (χ0v) is 26.4. The Kier molecular flexibility index (Phi) is 13.8. The molecule has 0 aromatic heterocycles. The van der Waals surface area contributed by atoms with Gasteiger partial charge in [0.2, 0.25) is 5.88 Å². The largest absolute Gasteiger partial charge is 0.481 e. The first-order chi connectivity index (χ1) is 18.6. The fourth-order valence-corrected chi connectivity index (χ4v) is 5.55. The van der Waals surface area contributed by atoms with Gasteiger partial charge in [0.1, 0.15) is 11.4 Å². The molecule has 0 aliphatic carbocycles. The molecule has 2 atom stereocenters. The molecule has 4 rings (SSSR count). The molecule has 0 aromatic carbocycles. The van der Waals surface area contributed by atoms with Crippen LogP contribution in [0.1, 0.15) is 93.4 Å². The Hall–Kier alpha value is -2.06. The van der Waals surface area contributed by atoms with Gasteiger partial charge in [-0.05, 0) is 105 Å². The molecule has 1 amide bonds. The van der Waals surface area contributed by atoms with Gasteiger partial charge in [-0.3, -0.25) is 4.90 Å². The van der Waals surface area contributed by atoms with E-state index in [1.807, 2.05) is 39.5 Å². The molecule has 2 unspecified atom stereocenters. The Bertz CT molecular complexity index is 841. The predicted octanol–water partition coefficient (Wildman–Crippen LogP) is 5.80. The smallest absolute Gasteiger partial charge is 0.410 e. The average Bonchev–Trinajstić information content (AvgIpc) is 3.49. The predicted molar refractivity (Wildman–Crippen MR) is 162 cm³/mol. The van der Waals surface area contributed by atoms with E-state index in [1.54, 1.807) is 7.11 Å². The summed E-state index contributed by atoms with van der Waals surface area (Å²) in [5, 5.41) is 3.45. The van der Waals surface area contributed by atoms with Gasteiger partial charge in [-0.25, -0.2) is 4.79 Å². The van der Waals surface area contributed by atoms with Crippen LogP contribution < -0.4 is 5.32 Å². The highest BCUT2D eigenvalue weighted by atomic mass is 16.6. The van der Waals surface area contributed by atoms with E-state index in [9.17, 15) is 4.79 Å². The van der Waals surface area contributed by atoms with Crippen LogP contribution in [0.3, 0.4) is 0 Å². The molecule has 3 fully saturated rings. The molecule has 8 nitrogen and oxygen atoms in total. The first kappa shape index (κ1) is 33.1. The van der Waals surface area contributed by atoms with Crippen molar-refractivity contribution in [2.75, 3.05) is 53.4 Å². The number of hydrogen-bond acceptors (Lipinski definition) is 6. The summed E-state index contributed by atoms with van der Waals surface area (Å²) in [6, 6.07) is 0.319. The van der Waals surface area contributed by atoms with Crippen molar-refractivity contribution >= 4 is 11.9 Å². The van der Waals surface area contributed by atoms with Gasteiger partial charge in [0, 0.05) is 19.6 Å². The third kappa shape index (κ3) is 10.1. The van der Waals surface area contributed by atoms with Gasteiger partial charge in [0.15, 0.2) is 0 Å². The molecule has 4 aliphatic heterocycles. The van der Waals surface area contributed by atoms with Crippen LogP contribution >= 0.6 is 0 Å². The maximum atomic E-state index is 12.9. The molecule has 0 spiro atoms. The molecule has 0 saturated carbocycles. The van der Waals surface area contributed by atoms with Crippen LogP contribution in [0.15, 0.2) is 28.1 Å². The fraction of sp³-hybridized carbons (Fsp3) is 0.806. The van der Waals surface area contributed by atoms with Gasteiger partial charge in [-0.1, -0.05) is 32.8 Å². The van der Waals surface area contributed by atoms with Crippen LogP contribution in [-0.4, -0.2) is 97.7 Å². The van der Waals surface area contributed by atoms with E-state index >= 15 is 0 Å². The normalized spacial score (nSPS) is 24.1. The highest BCUT2D eigenvalue weighted by Gasteiger charge is 2.45. The Morgan fingerprint density at radius 3 is 2.21 bits per heavy atom. The lowest BCUT2D eigenvalue weighted by Crippen LogP contribution is -2.58. The number of unbranched alkanes of at least 4 members (excludes halogenated alkanes) is 1. The SMILES string of the molecule is CC.CCC/C=C(/N=C(\C1=C(C)CNCC1)N1CC2CCC(C1)N2C(=O)OC(C)(C)C)OC.CN1CCCC1. The number of likely N-dealkylation sites (tertiary alicyclic amines) is 2. The van der Waals surface area contributed by atoms with Crippen LogP contribution in [0.4, 0.5) is 4.79 Å². The number of ether oxygens (including phenoxy) is 2. The molecule has 0 aromatic rings. The number of fused-ring (bicyclic) bond motifs is 2. The van der Waals surface area contributed by atoms with Crippen molar-refractivity contribution in [2.24, 2.45) is 4.99 Å². The van der Waals surface area contributed by atoms with E-state index in [0.717, 1.165) is 64.1 Å². The molecule has 1 N–H and O–H groups in total. The monoisotopic (exact) mass is 547 g/mol. The van der Waals surface area contributed by atoms with Crippen molar-refractivity contribution in [3.8, 4) is 0 Å². The molecule has 4 heterocycles. The summed E-state index contributed by atoms with van der Waals surface area (Å²) in [7, 11) is 3.86. The number of piperazine rings is 1. The summed E-state index contributed by atoms with van der Waals surface area (Å²) in [6.45, 7) is 20.2. The second-order valence-corrected chi connectivity index (χ2v) is 11.8. The van der Waals surface area contributed by atoms with E-state index < -0.39 is 5.60 Å². The second kappa shape index (κ2) is 16.3. The first-order valence-corrected chi connectivity index (χ1v) is 15.3. The minimum absolute atomic E-state index is 0.159. The number of hydrogen-bond donors (Lipinski definition) is 1. The van der Waals surface area contributed by atoms with Gasteiger partial charge >= 0.3 is 6.09 Å². The summed E-state index contributed by atoms with van der Waals surface area (Å²) in [6.07, 6.45) is 9.69. The molecule has 2 bridgehead atoms. The molecule has 39 heavy (non-hydrogen) atoms. The van der Waals surface area contributed by atoms with Gasteiger partial charge < -0.3 is 24.6 Å². The third-order valence-electron chi connectivity index (χ3n) is 7.48. The van der Waals surface area contributed by atoms with E-state index in [4.69, 9.17) is 14.5 Å². The van der Waals surface area contributed by atoms with Crippen molar-refractivity contribution in [1.29, 1.82) is 0 Å². The Labute approximate surface area is 238 Å². The first-order valence-electron chi connectivity index (χ1n) is 15.3. The van der Waals surface area contributed by atoms with Gasteiger partial charge in [0.05, 0.1) is 19.2 Å². The highest BCUT2D eigenvalue weighted by Crippen LogP contribution is 2.33. The summed E-state index contributed by atoms with van der Waals surface area (Å²) < 4.78 is 11.3. The van der Waals surface area contributed by atoms with Crippen LogP contribution in [-0.2, 0) is 9.47 Å². The Morgan fingerprint density at radius 1 is 1.13 bits per heavy atom. The molecule has 224 valence electrons. The summed E-state index contributed by atoms with van der Waals surface area (Å²) >= 11 is 0. The number of allylic oxidation sites excluding steroid dienone is 1. The number of amidine groups is 1. The standard InChI is InChI=1S/C24H40N4O3.C5H11N.C2H6/c1-7-8-9-21(30-6)26-22(20-12-13-25-14-17(20)2)27-15-18-10-11-19(16-27)28(18)23(29)31-24(3,4)5;1-6-4-2-3-5-6;1-2/h9,18-19,25H,7-8,10-16H2,1-6H3;2-5H2,1H3;1-2H3/b21-9-,26-22+;;. The number of methoxy groups -OCH3 is 1. The zero-order valence-electron chi connectivity index (χ0n) is 26.4. The molecule has 3 saturated heterocycles. The third-order valence-corrected chi connectivity index (χ3v) is 7.48. The summed E-state index contributed by atoms with van der Waals surface area (Å²) in [5.41, 5.74) is 2.16. The van der Waals surface area contributed by atoms with Crippen LogP contribution in [0, 0.1) is 0 Å². The van der Waals surface area contributed by atoms with Gasteiger partial charge in [-0.15, -0.1) is 0 Å². The number of carbonyl (C=O) groups is 1. The second-order valence-electron chi connectivity index (χ2n) is 11.8. The van der Waals surface area contributed by atoms with Crippen molar-refractivity contribution in [3.05, 3.63) is 23.1 Å². The number of rotatable bonds is 5. The number of nitrogens with one attached hydrogen (secondary N) is 1. The number of nitrogens with zero attached hydrogens (tertiary/aromatic N) is 4. The molecular formula is C31H57N5O3. The zero-order chi connectivity index (χ0) is 29.0. The van der Waals surface area contributed by atoms with E-state index in [2.05, 4.69) is 42.1 Å². The van der Waals surface area contributed by atoms with Crippen LogP contribution in [0.5, 0.6) is 0 Å². The van der Waals surface area contributed by atoms with Crippen LogP contribution in [0.25, 0.3) is 0 Å². The van der Waals surface area contributed by atoms with E-state index in [0.29, 0.717) is 5.88 Å². The average molecular weight is 548 g/mol. The number of amides is 1. The quantitative estimate of drug-likeness (QED) is 0.266. The summed E-state index contributed by atoms with van der Waals surface area (Å²) in [4.78, 5) is 24.6. The van der Waals surface area contributed by atoms with Gasteiger partial charge in [0.25, 0.3) is 0 Å². The van der Waals surface area contributed by atoms with Gasteiger partial charge in [-0.2, -0.15) is 4.99 Å². The summed E-state index contributed by atoms with van der Waals surface area (Å²) in [5.74, 6) is 1.70. The topological polar surface area (TPSA) is 69.6 Å². The van der Waals surface area contributed by atoms with E-state index in [1.165, 1.54) is 37.1 Å². The van der Waals surface area contributed by atoms with Crippen molar-refractivity contribution < 1.29 is 14.3 Å². The molecule has 0 radical (unpaired) electrons. The maximum absolute atomic E-state index is 12.9. The molecular weight excluding hydrogens is 490 g/mol. The van der Waals surface area contributed by atoms with E-state index in [-0.39, 0.29) is 18.2 Å². The highest BCUT2D eigenvalue weighted by molar-refractivity contribution is 6.00. The fourth-order valence-electron chi connectivity index (χ4n) is 5.55. The Morgan fingerprint density at radius 2 is 1.74 bits per heavy atom. The maximum Gasteiger partial charge on any atom is 0.410 e. The Balaban J connectivity index is 0.000000578. The minimum Gasteiger partial charge on any atom is -0.481 e. The van der Waals surface area contributed by atoms with Crippen molar-refractivity contribution in [2.45, 2.75) is 111 Å². The number of carbonyl (C=O) groups excluding carboxylic acids is 1. The van der Waals surface area contributed by atoms with Crippen molar-refractivity contribution in [3.63, 3.8) is 0 Å². The van der Waals surface area contributed by atoms with Crippen LogP contribution in [0.2, 0.25) is 0 Å². The lowest BCUT2D eigenvalue weighted by atomic mass is 9.99. The molecule has 4 aliphatic rings. The van der Waals surface area contributed by atoms with Crippen molar-refractivity contribution in [1.82, 2.24) is 20.0 Å². The number of aliphatic imine (C=N–C) groups is 1. The lowest BCUT2D eigenvalue weighted by Gasteiger charge is -2.43. The lowest BCUT2D eigenvalue weighted by molar-refractivity contribution is 0.00277. The molecule has 8 heteroatoms. The minimum atomic E-state index is -0.477.